The van der Waals surface area contributed by atoms with Crippen LogP contribution in [-0.2, 0) is 28.6 Å². The fraction of sp³-hybridized carbons (Fsp3) is 0.833. The molecule has 6 nitrogen and oxygen atoms in total. The topological polar surface area (TPSA) is 78.9 Å². The molecule has 0 amide bonds. The molecule has 0 spiro atoms. The summed E-state index contributed by atoms with van der Waals surface area (Å²) in [5.74, 6) is -0.903. The molecule has 0 radical (unpaired) electrons. The van der Waals surface area contributed by atoms with Gasteiger partial charge in [0.05, 0.1) is 0 Å². The van der Waals surface area contributed by atoms with Gasteiger partial charge in [0.1, 0.15) is 13.2 Å². The van der Waals surface area contributed by atoms with Crippen LogP contribution in [0.25, 0.3) is 0 Å². The number of allylic oxidation sites excluding steroid dienone is 8. The number of hydrogen-bond donors (Lipinski definition) is 0. The van der Waals surface area contributed by atoms with Crippen LogP contribution in [0.2, 0.25) is 0 Å². The molecular formula is C66H120O6. The van der Waals surface area contributed by atoms with Gasteiger partial charge in [-0.3, -0.25) is 14.4 Å². The lowest BCUT2D eigenvalue weighted by atomic mass is 10.0. The lowest BCUT2D eigenvalue weighted by molar-refractivity contribution is -0.167. The van der Waals surface area contributed by atoms with E-state index >= 15 is 0 Å². The molecule has 72 heavy (non-hydrogen) atoms. The van der Waals surface area contributed by atoms with Crippen molar-refractivity contribution in [3.8, 4) is 0 Å². The average molecular weight is 1010 g/mol. The summed E-state index contributed by atoms with van der Waals surface area (Å²) in [6.07, 6.45) is 75.5. The van der Waals surface area contributed by atoms with Gasteiger partial charge in [0.15, 0.2) is 6.10 Å². The Morgan fingerprint density at radius 1 is 0.292 bits per heavy atom. The molecule has 0 rings (SSSR count). The van der Waals surface area contributed by atoms with Crippen molar-refractivity contribution in [2.24, 2.45) is 0 Å². The molecule has 0 N–H and O–H groups in total. The second-order valence-electron chi connectivity index (χ2n) is 21.3. The third-order valence-corrected chi connectivity index (χ3v) is 14.1. The third kappa shape index (κ3) is 58.3. The zero-order chi connectivity index (χ0) is 52.2. The van der Waals surface area contributed by atoms with Crippen molar-refractivity contribution >= 4 is 17.9 Å². The predicted molar refractivity (Wildman–Crippen MR) is 312 cm³/mol. The summed E-state index contributed by atoms with van der Waals surface area (Å²) in [5.41, 5.74) is 0. The molecule has 0 aliphatic carbocycles. The quantitative estimate of drug-likeness (QED) is 0.0261. The maximum Gasteiger partial charge on any atom is 0.306 e. The van der Waals surface area contributed by atoms with Gasteiger partial charge in [0, 0.05) is 19.3 Å². The first kappa shape index (κ1) is 69.4. The van der Waals surface area contributed by atoms with E-state index in [2.05, 4.69) is 69.4 Å². The Kier molecular flexibility index (Phi) is 58.7. The number of hydrogen-bond acceptors (Lipinski definition) is 6. The summed E-state index contributed by atoms with van der Waals surface area (Å²) in [5, 5.41) is 0. The van der Waals surface area contributed by atoms with E-state index in [0.717, 1.165) is 83.5 Å². The molecule has 0 aromatic rings. The molecule has 0 heterocycles. The first-order chi connectivity index (χ1) is 35.5. The van der Waals surface area contributed by atoms with E-state index in [4.69, 9.17) is 14.2 Å². The number of rotatable bonds is 58. The largest absolute Gasteiger partial charge is 0.462 e. The number of carbonyl (C=O) groups is 3. The van der Waals surface area contributed by atoms with E-state index in [1.54, 1.807) is 0 Å². The molecule has 0 bridgehead atoms. The highest BCUT2D eigenvalue weighted by molar-refractivity contribution is 5.71. The lowest BCUT2D eigenvalue weighted by Gasteiger charge is -2.18. The number of unbranched alkanes of at least 4 members (excludes halogenated alkanes) is 39. The molecule has 0 saturated heterocycles. The Morgan fingerprint density at radius 3 is 0.847 bits per heavy atom. The zero-order valence-corrected chi connectivity index (χ0v) is 48.2. The SMILES string of the molecule is CC/C=C\C/C=C\C/C=C\C/C=C\CCCCC(=O)OCC(COC(=O)CCCCCCCCCCCCCCCCCCCCCCCCC)OC(=O)CCCCCCCCCCCCCCCCCC. The fourth-order valence-electron chi connectivity index (χ4n) is 9.38. The Labute approximate surface area is 448 Å². The standard InChI is InChI=1S/C66H120O6/c1-4-7-10-13-16-19-22-25-28-30-31-32-33-34-35-36-39-41-44-47-50-53-56-59-65(68)71-62-63(61-70-64(67)58-55-52-49-46-43-40-37-27-24-21-18-15-12-9-6-3)72-66(69)60-57-54-51-48-45-42-38-29-26-23-20-17-14-11-8-5-2/h9,12,18,21,27,37,43,46,63H,4-8,10-11,13-17,19-20,22-26,28-36,38-42,44-45,47-62H2,1-3H3/b12-9-,21-18-,37-27-,46-43-. The molecule has 0 aliphatic heterocycles. The van der Waals surface area contributed by atoms with Gasteiger partial charge in [-0.1, -0.05) is 307 Å². The van der Waals surface area contributed by atoms with Gasteiger partial charge in [-0.15, -0.1) is 0 Å². The molecule has 6 heteroatoms. The minimum absolute atomic E-state index is 0.0813. The second-order valence-corrected chi connectivity index (χ2v) is 21.3. The Hall–Kier alpha value is -2.63. The summed E-state index contributed by atoms with van der Waals surface area (Å²) >= 11 is 0. The molecule has 1 atom stereocenters. The van der Waals surface area contributed by atoms with E-state index in [9.17, 15) is 14.4 Å². The summed E-state index contributed by atoms with van der Waals surface area (Å²) in [6.45, 7) is 6.55. The first-order valence-electron chi connectivity index (χ1n) is 31.6. The van der Waals surface area contributed by atoms with E-state index in [0.29, 0.717) is 19.3 Å². The fourth-order valence-corrected chi connectivity index (χ4v) is 9.38. The smallest absolute Gasteiger partial charge is 0.306 e. The van der Waals surface area contributed by atoms with Gasteiger partial charge in [-0.25, -0.2) is 0 Å². The molecule has 0 aromatic heterocycles. The van der Waals surface area contributed by atoms with Gasteiger partial charge in [0.25, 0.3) is 0 Å². The van der Waals surface area contributed by atoms with Crippen LogP contribution < -0.4 is 0 Å². The van der Waals surface area contributed by atoms with Gasteiger partial charge in [0.2, 0.25) is 0 Å². The minimum Gasteiger partial charge on any atom is -0.462 e. The van der Waals surface area contributed by atoms with Crippen LogP contribution in [0.3, 0.4) is 0 Å². The molecule has 0 aliphatic rings. The van der Waals surface area contributed by atoms with Crippen LogP contribution in [0.15, 0.2) is 48.6 Å². The van der Waals surface area contributed by atoms with Crippen molar-refractivity contribution in [1.82, 2.24) is 0 Å². The van der Waals surface area contributed by atoms with Gasteiger partial charge < -0.3 is 14.2 Å². The summed E-state index contributed by atoms with van der Waals surface area (Å²) in [4.78, 5) is 38.3. The summed E-state index contributed by atoms with van der Waals surface area (Å²) in [6, 6.07) is 0. The Bertz CT molecular complexity index is 1250. The molecular weight excluding hydrogens is 889 g/mol. The highest BCUT2D eigenvalue weighted by Crippen LogP contribution is 2.18. The molecule has 420 valence electrons. The first-order valence-corrected chi connectivity index (χ1v) is 31.6. The average Bonchev–Trinajstić information content (AvgIpc) is 3.38. The highest BCUT2D eigenvalue weighted by Gasteiger charge is 2.19. The van der Waals surface area contributed by atoms with Crippen LogP contribution in [0, 0.1) is 0 Å². The maximum absolute atomic E-state index is 12.9. The second kappa shape index (κ2) is 60.9. The van der Waals surface area contributed by atoms with Crippen molar-refractivity contribution in [3.63, 3.8) is 0 Å². The van der Waals surface area contributed by atoms with E-state index in [1.165, 1.54) is 212 Å². The van der Waals surface area contributed by atoms with Crippen LogP contribution in [0.1, 0.15) is 335 Å². The Morgan fingerprint density at radius 2 is 0.542 bits per heavy atom. The van der Waals surface area contributed by atoms with Crippen LogP contribution in [-0.4, -0.2) is 37.2 Å². The van der Waals surface area contributed by atoms with Crippen LogP contribution in [0.4, 0.5) is 0 Å². The number of ether oxygens (including phenoxy) is 3. The van der Waals surface area contributed by atoms with E-state index < -0.39 is 6.10 Å². The summed E-state index contributed by atoms with van der Waals surface area (Å²) in [7, 11) is 0. The van der Waals surface area contributed by atoms with E-state index in [1.807, 2.05) is 0 Å². The van der Waals surface area contributed by atoms with Crippen LogP contribution >= 0.6 is 0 Å². The number of carbonyl (C=O) groups excluding carboxylic acids is 3. The highest BCUT2D eigenvalue weighted by atomic mass is 16.6. The van der Waals surface area contributed by atoms with Crippen molar-refractivity contribution in [3.05, 3.63) is 48.6 Å². The third-order valence-electron chi connectivity index (χ3n) is 14.1. The minimum atomic E-state index is -0.787. The van der Waals surface area contributed by atoms with Crippen LogP contribution in [0.5, 0.6) is 0 Å². The van der Waals surface area contributed by atoms with Gasteiger partial charge in [-0.2, -0.15) is 0 Å². The van der Waals surface area contributed by atoms with Crippen molar-refractivity contribution in [1.29, 1.82) is 0 Å². The maximum atomic E-state index is 12.9. The van der Waals surface area contributed by atoms with Gasteiger partial charge in [-0.05, 0) is 57.8 Å². The van der Waals surface area contributed by atoms with Gasteiger partial charge >= 0.3 is 17.9 Å². The molecule has 0 aromatic carbocycles. The lowest BCUT2D eigenvalue weighted by Crippen LogP contribution is -2.30. The normalized spacial score (nSPS) is 12.3. The number of esters is 3. The monoisotopic (exact) mass is 1010 g/mol. The predicted octanol–water partition coefficient (Wildman–Crippen LogP) is 21.4. The Balaban J connectivity index is 4.31. The van der Waals surface area contributed by atoms with Crippen molar-refractivity contribution < 1.29 is 28.6 Å². The van der Waals surface area contributed by atoms with Crippen molar-refractivity contribution in [2.75, 3.05) is 13.2 Å². The van der Waals surface area contributed by atoms with Crippen molar-refractivity contribution in [2.45, 2.75) is 341 Å². The molecule has 0 fully saturated rings. The molecule has 0 saturated carbocycles. The molecule has 1 unspecified atom stereocenters. The van der Waals surface area contributed by atoms with E-state index in [-0.39, 0.29) is 31.1 Å². The zero-order valence-electron chi connectivity index (χ0n) is 48.2. The summed E-state index contributed by atoms with van der Waals surface area (Å²) < 4.78 is 16.9.